The van der Waals surface area contributed by atoms with E-state index in [9.17, 15) is 9.90 Å². The van der Waals surface area contributed by atoms with Gasteiger partial charge in [0.15, 0.2) is 0 Å². The van der Waals surface area contributed by atoms with E-state index in [4.69, 9.17) is 4.74 Å². The molecule has 28 heavy (non-hydrogen) atoms. The molecule has 0 saturated heterocycles. The first kappa shape index (κ1) is 19.9. The summed E-state index contributed by atoms with van der Waals surface area (Å²) in [6.07, 6.45) is 1.48. The Hall–Kier alpha value is -2.80. The lowest BCUT2D eigenvalue weighted by Crippen LogP contribution is -2.41. The minimum atomic E-state index is -0.959. The van der Waals surface area contributed by atoms with Gasteiger partial charge < -0.3 is 9.84 Å². The lowest BCUT2D eigenvalue weighted by molar-refractivity contribution is 0.0533. The Morgan fingerprint density at radius 3 is 2.57 bits per heavy atom. The van der Waals surface area contributed by atoms with E-state index in [0.717, 1.165) is 23.3 Å². The van der Waals surface area contributed by atoms with E-state index in [1.807, 2.05) is 13.8 Å². The van der Waals surface area contributed by atoms with Crippen molar-refractivity contribution in [2.24, 2.45) is 0 Å². The van der Waals surface area contributed by atoms with Crippen molar-refractivity contribution in [3.63, 3.8) is 0 Å². The Kier molecular flexibility index (Phi) is 4.97. The maximum absolute atomic E-state index is 11.3. The molecule has 1 aliphatic heterocycles. The molecule has 0 atom stereocenters. The summed E-state index contributed by atoms with van der Waals surface area (Å²) < 4.78 is 6.20. The van der Waals surface area contributed by atoms with Crippen molar-refractivity contribution in [3.05, 3.63) is 57.9 Å². The molecular formula is C24H27NO3. The fraction of sp³-hybridized carbons (Fsp3) is 0.417. The van der Waals surface area contributed by atoms with Crippen LogP contribution < -0.4 is 4.74 Å². The van der Waals surface area contributed by atoms with Crippen LogP contribution in [0.15, 0.2) is 24.3 Å². The fourth-order valence-electron chi connectivity index (χ4n) is 4.09. The minimum absolute atomic E-state index is 0.00200. The molecule has 2 aromatic rings. The standard InChI is InChI=1S/C24H27NO3/c1-7-20-18(22(26)27)11-10-17(25-20)9-8-16-13-19-21(12-15(16)2)28-24(5,6)14-23(19,3)4/h10-13H,7,14H2,1-6H3,(H,26,27). The summed E-state index contributed by atoms with van der Waals surface area (Å²) in [7, 11) is 0. The molecule has 146 valence electrons. The maximum Gasteiger partial charge on any atom is 0.337 e. The van der Waals surface area contributed by atoms with Crippen LogP contribution in [-0.2, 0) is 11.8 Å². The molecule has 0 fully saturated rings. The van der Waals surface area contributed by atoms with Gasteiger partial charge in [-0.3, -0.25) is 0 Å². The van der Waals surface area contributed by atoms with E-state index in [2.05, 4.69) is 56.7 Å². The van der Waals surface area contributed by atoms with Gasteiger partial charge in [-0.15, -0.1) is 0 Å². The number of carboxylic acid groups (broad SMARTS) is 1. The molecule has 1 N–H and O–H groups in total. The zero-order valence-corrected chi connectivity index (χ0v) is 17.4. The molecule has 1 aromatic heterocycles. The summed E-state index contributed by atoms with van der Waals surface area (Å²) in [6, 6.07) is 7.44. The lowest BCUT2D eigenvalue weighted by atomic mass is 9.73. The molecule has 2 heterocycles. The van der Waals surface area contributed by atoms with Gasteiger partial charge in [0.25, 0.3) is 0 Å². The summed E-state index contributed by atoms with van der Waals surface area (Å²) in [5.41, 5.74) is 4.34. The van der Waals surface area contributed by atoms with Gasteiger partial charge in [-0.2, -0.15) is 0 Å². The molecule has 0 aliphatic carbocycles. The van der Waals surface area contributed by atoms with Crippen molar-refractivity contribution in [1.82, 2.24) is 4.98 Å². The highest BCUT2D eigenvalue weighted by Gasteiger charge is 2.39. The number of hydrogen-bond donors (Lipinski definition) is 1. The third kappa shape index (κ3) is 3.89. The smallest absolute Gasteiger partial charge is 0.337 e. The average Bonchev–Trinajstić information content (AvgIpc) is 2.58. The van der Waals surface area contributed by atoms with Crippen LogP contribution in [0.2, 0.25) is 0 Å². The van der Waals surface area contributed by atoms with Crippen molar-refractivity contribution in [2.45, 2.75) is 65.4 Å². The molecule has 4 heteroatoms. The molecule has 0 radical (unpaired) electrons. The number of benzene rings is 1. The third-order valence-electron chi connectivity index (χ3n) is 5.17. The molecule has 0 amide bonds. The predicted molar refractivity (Wildman–Crippen MR) is 110 cm³/mol. The highest BCUT2D eigenvalue weighted by Crippen LogP contribution is 2.45. The summed E-state index contributed by atoms with van der Waals surface area (Å²) in [5.74, 6) is 6.29. The Morgan fingerprint density at radius 1 is 1.21 bits per heavy atom. The van der Waals surface area contributed by atoms with Crippen molar-refractivity contribution < 1.29 is 14.6 Å². The number of rotatable bonds is 2. The Balaban J connectivity index is 2.01. The van der Waals surface area contributed by atoms with E-state index in [-0.39, 0.29) is 16.6 Å². The van der Waals surface area contributed by atoms with E-state index in [1.165, 1.54) is 5.56 Å². The Morgan fingerprint density at radius 2 is 1.93 bits per heavy atom. The zero-order chi connectivity index (χ0) is 20.7. The van der Waals surface area contributed by atoms with Crippen LogP contribution in [-0.4, -0.2) is 21.7 Å². The second kappa shape index (κ2) is 6.98. The van der Waals surface area contributed by atoms with Crippen LogP contribution in [0.5, 0.6) is 5.75 Å². The van der Waals surface area contributed by atoms with Crippen molar-refractivity contribution in [2.75, 3.05) is 0 Å². The van der Waals surface area contributed by atoms with Crippen LogP contribution in [0, 0.1) is 18.8 Å². The number of carboxylic acids is 1. The molecule has 4 nitrogen and oxygen atoms in total. The fourth-order valence-corrected chi connectivity index (χ4v) is 4.09. The van der Waals surface area contributed by atoms with Gasteiger partial charge in [-0.1, -0.05) is 26.7 Å². The van der Waals surface area contributed by atoms with Gasteiger partial charge in [0.05, 0.1) is 11.3 Å². The molecule has 0 bridgehead atoms. The summed E-state index contributed by atoms with van der Waals surface area (Å²) >= 11 is 0. The largest absolute Gasteiger partial charge is 0.488 e. The van der Waals surface area contributed by atoms with Crippen molar-refractivity contribution >= 4 is 5.97 Å². The summed E-state index contributed by atoms with van der Waals surface area (Å²) in [4.78, 5) is 15.7. The Bertz CT molecular complexity index is 1010. The normalized spacial score (nSPS) is 16.4. The van der Waals surface area contributed by atoms with Crippen molar-refractivity contribution in [1.29, 1.82) is 0 Å². The third-order valence-corrected chi connectivity index (χ3v) is 5.17. The van der Waals surface area contributed by atoms with Gasteiger partial charge >= 0.3 is 5.97 Å². The molecule has 3 rings (SSSR count). The number of ether oxygens (including phenoxy) is 1. The quantitative estimate of drug-likeness (QED) is 0.757. The molecule has 1 aromatic carbocycles. The van der Waals surface area contributed by atoms with E-state index in [0.29, 0.717) is 17.8 Å². The number of carbonyl (C=O) groups is 1. The summed E-state index contributed by atoms with van der Waals surface area (Å²) in [6.45, 7) is 12.6. The minimum Gasteiger partial charge on any atom is -0.488 e. The van der Waals surface area contributed by atoms with Crippen LogP contribution in [0.4, 0.5) is 0 Å². The maximum atomic E-state index is 11.3. The van der Waals surface area contributed by atoms with E-state index >= 15 is 0 Å². The highest BCUT2D eigenvalue weighted by atomic mass is 16.5. The van der Waals surface area contributed by atoms with Crippen LogP contribution in [0.1, 0.15) is 79.5 Å². The number of aromatic nitrogens is 1. The first-order chi connectivity index (χ1) is 13.0. The SMILES string of the molecule is CCc1nc(C#Cc2cc3c(cc2C)OC(C)(C)CC3(C)C)ccc1C(=O)O. The summed E-state index contributed by atoms with van der Waals surface area (Å²) in [5, 5.41) is 9.24. The first-order valence-corrected chi connectivity index (χ1v) is 9.62. The van der Waals surface area contributed by atoms with Crippen LogP contribution in [0.3, 0.4) is 0 Å². The van der Waals surface area contributed by atoms with Gasteiger partial charge in [0, 0.05) is 11.1 Å². The number of aryl methyl sites for hydroxylation is 2. The molecule has 0 unspecified atom stereocenters. The van der Waals surface area contributed by atoms with Gasteiger partial charge in [-0.05, 0) is 74.8 Å². The Labute approximate surface area is 167 Å². The number of aromatic carboxylic acids is 1. The van der Waals surface area contributed by atoms with Crippen molar-refractivity contribution in [3.8, 4) is 17.6 Å². The first-order valence-electron chi connectivity index (χ1n) is 9.62. The topological polar surface area (TPSA) is 59.4 Å². The second-order valence-corrected chi connectivity index (χ2v) is 8.69. The molecule has 1 aliphatic rings. The average molecular weight is 377 g/mol. The molecular weight excluding hydrogens is 350 g/mol. The molecule has 0 saturated carbocycles. The number of fused-ring (bicyclic) bond motifs is 1. The van der Waals surface area contributed by atoms with E-state index < -0.39 is 5.97 Å². The lowest BCUT2D eigenvalue weighted by Gasteiger charge is -2.42. The van der Waals surface area contributed by atoms with Gasteiger partial charge in [0.1, 0.15) is 17.0 Å². The second-order valence-electron chi connectivity index (χ2n) is 8.69. The highest BCUT2D eigenvalue weighted by molar-refractivity contribution is 5.88. The van der Waals surface area contributed by atoms with Crippen LogP contribution in [0.25, 0.3) is 0 Å². The van der Waals surface area contributed by atoms with Gasteiger partial charge in [-0.25, -0.2) is 9.78 Å². The number of pyridine rings is 1. The monoisotopic (exact) mass is 377 g/mol. The molecule has 0 spiro atoms. The zero-order valence-electron chi connectivity index (χ0n) is 17.4. The van der Waals surface area contributed by atoms with E-state index in [1.54, 1.807) is 12.1 Å². The van der Waals surface area contributed by atoms with Crippen LogP contribution >= 0.6 is 0 Å². The number of hydrogen-bond acceptors (Lipinski definition) is 3. The van der Waals surface area contributed by atoms with Gasteiger partial charge in [0.2, 0.25) is 0 Å². The number of nitrogens with zero attached hydrogens (tertiary/aromatic N) is 1. The predicted octanol–water partition coefficient (Wildman–Crippen LogP) is 4.89.